The average molecular weight is 708 g/mol. The van der Waals surface area contributed by atoms with E-state index in [-0.39, 0.29) is 45.6 Å². The van der Waals surface area contributed by atoms with Crippen LogP contribution in [0.3, 0.4) is 0 Å². The van der Waals surface area contributed by atoms with Gasteiger partial charge in [0.25, 0.3) is 0 Å². The Hall–Kier alpha value is -4.60. The van der Waals surface area contributed by atoms with E-state index in [2.05, 4.69) is 12.1 Å². The summed E-state index contributed by atoms with van der Waals surface area (Å²) in [5.74, 6) is -0.779. The van der Waals surface area contributed by atoms with Crippen LogP contribution in [0.25, 0.3) is 0 Å². The van der Waals surface area contributed by atoms with E-state index in [0.717, 1.165) is 11.1 Å². The van der Waals surface area contributed by atoms with Gasteiger partial charge in [0.1, 0.15) is 6.61 Å². The molecule has 0 aromatic heterocycles. The van der Waals surface area contributed by atoms with Crippen LogP contribution in [-0.4, -0.2) is 87.3 Å². The van der Waals surface area contributed by atoms with Crippen molar-refractivity contribution in [2.45, 2.75) is 50.4 Å². The molecule has 2 aliphatic heterocycles. The van der Waals surface area contributed by atoms with Crippen LogP contribution in [0.15, 0.2) is 103 Å². The fourth-order valence-corrected chi connectivity index (χ4v) is 7.53. The molecule has 3 aromatic carbocycles. The van der Waals surface area contributed by atoms with Crippen molar-refractivity contribution in [1.29, 1.82) is 0 Å². The minimum absolute atomic E-state index is 0.181. The Kier molecular flexibility index (Phi) is 13.9. The quantitative estimate of drug-likeness (QED) is 0.127. The molecule has 0 N–H and O–H groups in total. The predicted molar refractivity (Wildman–Crippen MR) is 177 cm³/mol. The van der Waals surface area contributed by atoms with Crippen molar-refractivity contribution in [3.8, 4) is 0 Å². The third-order valence-corrected chi connectivity index (χ3v) is 9.79. The summed E-state index contributed by atoms with van der Waals surface area (Å²) in [6, 6.07) is 27.9. The zero-order valence-corrected chi connectivity index (χ0v) is 28.3. The molecule has 5 rings (SSSR count). The van der Waals surface area contributed by atoms with Gasteiger partial charge in [0.2, 0.25) is 0 Å². The van der Waals surface area contributed by atoms with Gasteiger partial charge in [-0.2, -0.15) is 0 Å². The van der Waals surface area contributed by atoms with E-state index >= 15 is 0 Å². The fourth-order valence-electron chi connectivity index (χ4n) is 4.98. The molecule has 2 aliphatic rings. The van der Waals surface area contributed by atoms with Crippen LogP contribution in [0.2, 0.25) is 4.82 Å². The first kappa shape index (κ1) is 35.3. The standard InChI is InChI=1S/C21H23NO4Se.C15H17NO4/c1-2-25-20(23)19-13-18(27-17-11-7-4-8-12-17)14-22(19)21(24)26-15-16-9-5-3-6-10-16;1-2-19-14(17)13-9-6-10-16(13)15(18)20-11-12-7-4-3-5-8-12/h3-12,18-19H,2,13-15H2,1H3;3-9,13H,2,10-11H2,1H3/t18-,19-;13-/m00/s1. The third-order valence-electron chi connectivity index (χ3n) is 7.23. The van der Waals surface area contributed by atoms with Gasteiger partial charge in [0.15, 0.2) is 6.04 Å². The van der Waals surface area contributed by atoms with Crippen LogP contribution in [0.4, 0.5) is 9.59 Å². The molecule has 11 heteroatoms. The first-order chi connectivity index (χ1) is 22.9. The van der Waals surface area contributed by atoms with E-state index in [1.807, 2.05) is 78.9 Å². The van der Waals surface area contributed by atoms with Crippen LogP contribution < -0.4 is 4.46 Å². The van der Waals surface area contributed by atoms with Crippen molar-refractivity contribution in [2.75, 3.05) is 26.3 Å². The molecule has 0 radical (unpaired) electrons. The number of nitrogens with zero attached hydrogens (tertiary/aromatic N) is 2. The molecule has 1 fully saturated rings. The number of carbonyl (C=O) groups is 4. The van der Waals surface area contributed by atoms with E-state index in [0.29, 0.717) is 26.1 Å². The molecule has 1 saturated heterocycles. The van der Waals surface area contributed by atoms with Crippen molar-refractivity contribution >= 4 is 43.5 Å². The molecular weight excluding hydrogens is 667 g/mol. The van der Waals surface area contributed by atoms with Crippen molar-refractivity contribution in [3.05, 3.63) is 114 Å². The molecular formula is C36H40N2O8Se. The number of rotatable bonds is 10. The topological polar surface area (TPSA) is 112 Å². The molecule has 0 spiro atoms. The Morgan fingerprint density at radius 2 is 1.19 bits per heavy atom. The van der Waals surface area contributed by atoms with Crippen LogP contribution in [0.1, 0.15) is 31.4 Å². The molecule has 0 bridgehead atoms. The summed E-state index contributed by atoms with van der Waals surface area (Å²) < 4.78 is 22.0. The zero-order chi connectivity index (χ0) is 33.4. The Morgan fingerprint density at radius 1 is 0.681 bits per heavy atom. The maximum absolute atomic E-state index is 12.6. The fraction of sp³-hybridized carbons (Fsp3) is 0.333. The molecule has 248 valence electrons. The van der Waals surface area contributed by atoms with Gasteiger partial charge in [-0.25, -0.2) is 9.59 Å². The number of esters is 2. The van der Waals surface area contributed by atoms with Gasteiger partial charge in [-0.05, 0) is 12.5 Å². The first-order valence-corrected chi connectivity index (χ1v) is 17.4. The monoisotopic (exact) mass is 708 g/mol. The number of hydrogen-bond acceptors (Lipinski definition) is 8. The Morgan fingerprint density at radius 3 is 1.74 bits per heavy atom. The number of ether oxygens (including phenoxy) is 4. The number of likely N-dealkylation sites (tertiary alicyclic amines) is 1. The summed E-state index contributed by atoms with van der Waals surface area (Å²) in [5.41, 5.74) is 1.82. The molecule has 0 aliphatic carbocycles. The van der Waals surface area contributed by atoms with Gasteiger partial charge in [-0.15, -0.1) is 0 Å². The normalized spacial score (nSPS) is 18.1. The summed E-state index contributed by atoms with van der Waals surface area (Å²) in [5, 5.41) is 0. The van der Waals surface area contributed by atoms with Crippen molar-refractivity contribution in [3.63, 3.8) is 0 Å². The Bertz CT molecular complexity index is 1470. The molecule has 2 heterocycles. The number of hydrogen-bond donors (Lipinski definition) is 0. The second-order valence-corrected chi connectivity index (χ2v) is 13.4. The van der Waals surface area contributed by atoms with Gasteiger partial charge in [-0.1, -0.05) is 42.5 Å². The van der Waals surface area contributed by atoms with E-state index in [1.165, 1.54) is 14.3 Å². The summed E-state index contributed by atoms with van der Waals surface area (Å²) >= 11 is 0.181. The van der Waals surface area contributed by atoms with Gasteiger partial charge >= 0.3 is 178 Å². The predicted octanol–water partition coefficient (Wildman–Crippen LogP) is 4.91. The Labute approximate surface area is 281 Å². The molecule has 0 unspecified atom stereocenters. The second-order valence-electron chi connectivity index (χ2n) is 10.6. The minimum atomic E-state index is -0.682. The molecule has 0 saturated carbocycles. The second kappa shape index (κ2) is 18.5. The van der Waals surface area contributed by atoms with Crippen molar-refractivity contribution < 1.29 is 38.1 Å². The van der Waals surface area contributed by atoms with E-state index < -0.39 is 30.2 Å². The first-order valence-electron chi connectivity index (χ1n) is 15.6. The van der Waals surface area contributed by atoms with Gasteiger partial charge in [0.05, 0.1) is 6.61 Å². The van der Waals surface area contributed by atoms with Crippen LogP contribution in [0, 0.1) is 0 Å². The maximum atomic E-state index is 12.6. The number of carbonyl (C=O) groups excluding carboxylic acids is 4. The van der Waals surface area contributed by atoms with E-state index in [1.54, 1.807) is 26.0 Å². The van der Waals surface area contributed by atoms with Crippen LogP contribution in [0.5, 0.6) is 0 Å². The summed E-state index contributed by atoms with van der Waals surface area (Å²) in [6.45, 7) is 5.35. The van der Waals surface area contributed by atoms with Gasteiger partial charge < -0.3 is 9.47 Å². The van der Waals surface area contributed by atoms with E-state index in [4.69, 9.17) is 18.9 Å². The van der Waals surface area contributed by atoms with E-state index in [9.17, 15) is 19.2 Å². The summed E-state index contributed by atoms with van der Waals surface area (Å²) in [7, 11) is 0. The molecule has 3 aromatic rings. The zero-order valence-electron chi connectivity index (χ0n) is 26.6. The molecule has 2 amide bonds. The molecule has 3 atom stereocenters. The van der Waals surface area contributed by atoms with Gasteiger partial charge in [-0.3, -0.25) is 4.90 Å². The molecule has 47 heavy (non-hydrogen) atoms. The van der Waals surface area contributed by atoms with Crippen LogP contribution in [-0.2, 0) is 41.8 Å². The summed E-state index contributed by atoms with van der Waals surface area (Å²) in [6.07, 6.45) is 3.06. The van der Waals surface area contributed by atoms with Gasteiger partial charge in [0, 0.05) is 6.54 Å². The van der Waals surface area contributed by atoms with Crippen LogP contribution >= 0.6 is 0 Å². The van der Waals surface area contributed by atoms with Crippen molar-refractivity contribution in [2.24, 2.45) is 0 Å². The number of amides is 2. The Balaban J connectivity index is 0.000000223. The number of benzene rings is 3. The van der Waals surface area contributed by atoms with Crippen molar-refractivity contribution in [1.82, 2.24) is 9.80 Å². The SMILES string of the molecule is CCOC(=O)[C@@H]1C=CCN1C(=O)OCc1ccccc1.CCOC(=O)[C@@H]1C[C@H]([Se]c2ccccc2)CN1C(=O)OCc1ccccc1. The third kappa shape index (κ3) is 10.7. The summed E-state index contributed by atoms with van der Waals surface area (Å²) in [4.78, 5) is 51.9. The molecule has 10 nitrogen and oxygen atoms in total. The average Bonchev–Trinajstić information content (AvgIpc) is 3.77.